The van der Waals surface area contributed by atoms with Gasteiger partial charge in [-0.05, 0) is 35.8 Å². The fourth-order valence-electron chi connectivity index (χ4n) is 3.28. The van der Waals surface area contributed by atoms with Gasteiger partial charge in [0.15, 0.2) is 5.71 Å². The summed E-state index contributed by atoms with van der Waals surface area (Å²) in [6.07, 6.45) is 2.88. The van der Waals surface area contributed by atoms with Crippen LogP contribution in [0.4, 0.5) is 8.78 Å². The Kier molecular flexibility index (Phi) is 10.7. The summed E-state index contributed by atoms with van der Waals surface area (Å²) in [5, 5.41) is 6.80. The third kappa shape index (κ3) is 8.90. The smallest absolute Gasteiger partial charge is 0.462 e. The molecule has 0 bridgehead atoms. The molecule has 1 atom stereocenters. The molecule has 0 N–H and O–H groups in total. The lowest BCUT2D eigenvalue weighted by Crippen LogP contribution is -2.44. The molecule has 38 heavy (non-hydrogen) atoms. The predicted molar refractivity (Wildman–Crippen MR) is 137 cm³/mol. The van der Waals surface area contributed by atoms with Crippen LogP contribution in [-0.4, -0.2) is 44.5 Å². The second-order valence-corrected chi connectivity index (χ2v) is 12.5. The molecule has 0 spiro atoms. The molecule has 1 aromatic carbocycles. The van der Waals surface area contributed by atoms with Crippen LogP contribution in [0.25, 0.3) is 6.08 Å². The van der Waals surface area contributed by atoms with Gasteiger partial charge in [-0.1, -0.05) is 83.1 Å². The second-order valence-electron chi connectivity index (χ2n) is 11.0. The molecule has 0 fully saturated rings. The number of hydrogen-bond acceptors (Lipinski definition) is 9. The normalized spacial score (nSPS) is 14.9. The number of nitriles is 1. The van der Waals surface area contributed by atoms with Gasteiger partial charge < -0.3 is 9.47 Å². The van der Waals surface area contributed by atoms with Crippen LogP contribution in [0.2, 0.25) is 0 Å². The maximum Gasteiger partial charge on any atom is 0.478 e. The average Bonchev–Trinajstić information content (AvgIpc) is 2.80. The first-order chi connectivity index (χ1) is 17.3. The number of halogens is 2. The first-order valence-corrected chi connectivity index (χ1v) is 13.0. The molecule has 1 aromatic rings. The van der Waals surface area contributed by atoms with E-state index in [1.54, 1.807) is 37.3 Å². The molecule has 210 valence electrons. The molecule has 0 aliphatic rings. The minimum absolute atomic E-state index is 0.227. The Morgan fingerprint density at radius 1 is 0.974 bits per heavy atom. The Bertz CT molecular complexity index is 1190. The van der Waals surface area contributed by atoms with Crippen molar-refractivity contribution in [2.75, 3.05) is 13.2 Å². The fourth-order valence-corrected chi connectivity index (χ4v) is 3.82. The largest absolute Gasteiger partial charge is 0.478 e. The molecular formula is C26H34F2N2O7S. The SMILES string of the molecule is CC(C)(C)CC(C)(C(=O)OCCOC(=O)C(F)(F)S(=O)(=O)ON=C(C#N)C=Cc1ccccc1)C(C)(C)C. The number of ether oxygens (including phenoxy) is 2. The summed E-state index contributed by atoms with van der Waals surface area (Å²) >= 11 is 0. The van der Waals surface area contributed by atoms with Crippen molar-refractivity contribution in [3.8, 4) is 6.07 Å². The lowest BCUT2D eigenvalue weighted by Gasteiger charge is -2.43. The van der Waals surface area contributed by atoms with Crippen molar-refractivity contribution >= 4 is 33.8 Å². The molecule has 12 heteroatoms. The highest BCUT2D eigenvalue weighted by Crippen LogP contribution is 2.47. The first kappa shape index (κ1) is 32.7. The van der Waals surface area contributed by atoms with E-state index in [-0.39, 0.29) is 5.41 Å². The number of carbonyl (C=O) groups is 2. The first-order valence-electron chi connectivity index (χ1n) is 11.6. The number of esters is 2. The summed E-state index contributed by atoms with van der Waals surface area (Å²) < 4.78 is 65.7. The number of nitrogens with zero attached hydrogens (tertiary/aromatic N) is 2. The second kappa shape index (κ2) is 12.5. The van der Waals surface area contributed by atoms with E-state index in [4.69, 9.17) is 10.00 Å². The number of carbonyl (C=O) groups excluding carboxylic acids is 2. The Morgan fingerprint density at radius 3 is 1.97 bits per heavy atom. The van der Waals surface area contributed by atoms with Crippen LogP contribution in [0.1, 0.15) is 60.5 Å². The van der Waals surface area contributed by atoms with E-state index >= 15 is 0 Å². The third-order valence-corrected chi connectivity index (χ3v) is 6.74. The van der Waals surface area contributed by atoms with Gasteiger partial charge in [0, 0.05) is 0 Å². The van der Waals surface area contributed by atoms with Crippen molar-refractivity contribution in [1.82, 2.24) is 0 Å². The summed E-state index contributed by atoms with van der Waals surface area (Å²) in [4.78, 5) is 24.7. The lowest BCUT2D eigenvalue weighted by molar-refractivity contribution is -0.172. The maximum atomic E-state index is 14.3. The zero-order valence-corrected chi connectivity index (χ0v) is 23.4. The Morgan fingerprint density at radius 2 is 1.50 bits per heavy atom. The van der Waals surface area contributed by atoms with Gasteiger partial charge in [-0.15, -0.1) is 0 Å². The van der Waals surface area contributed by atoms with Crippen LogP contribution in [0, 0.1) is 27.6 Å². The molecule has 0 aliphatic heterocycles. The number of allylic oxidation sites excluding steroid dienone is 1. The van der Waals surface area contributed by atoms with Crippen LogP contribution >= 0.6 is 0 Å². The molecule has 0 heterocycles. The minimum atomic E-state index is -5.95. The average molecular weight is 557 g/mol. The quantitative estimate of drug-likeness (QED) is 0.159. The highest BCUT2D eigenvalue weighted by atomic mass is 32.2. The van der Waals surface area contributed by atoms with E-state index in [2.05, 4.69) is 14.2 Å². The monoisotopic (exact) mass is 556 g/mol. The molecule has 0 saturated carbocycles. The van der Waals surface area contributed by atoms with Gasteiger partial charge in [-0.3, -0.25) is 9.08 Å². The number of alkyl halides is 2. The van der Waals surface area contributed by atoms with Gasteiger partial charge in [0.25, 0.3) is 0 Å². The Balaban J connectivity index is 2.80. The lowest BCUT2D eigenvalue weighted by atomic mass is 9.61. The molecule has 0 aromatic heterocycles. The van der Waals surface area contributed by atoms with E-state index in [1.807, 2.05) is 41.5 Å². The van der Waals surface area contributed by atoms with Crippen LogP contribution < -0.4 is 0 Å². The molecule has 0 saturated heterocycles. The Labute approximate surface area is 222 Å². The van der Waals surface area contributed by atoms with Crippen molar-refractivity contribution in [1.29, 1.82) is 5.26 Å². The molecule has 0 radical (unpaired) electrons. The van der Waals surface area contributed by atoms with Gasteiger partial charge in [0.1, 0.15) is 19.3 Å². The number of oxime groups is 1. The van der Waals surface area contributed by atoms with Crippen molar-refractivity contribution in [3.63, 3.8) is 0 Å². The zero-order valence-electron chi connectivity index (χ0n) is 22.6. The van der Waals surface area contributed by atoms with Crippen molar-refractivity contribution in [3.05, 3.63) is 42.0 Å². The van der Waals surface area contributed by atoms with Crippen molar-refractivity contribution < 1.29 is 40.5 Å². The van der Waals surface area contributed by atoms with Crippen LogP contribution in [0.5, 0.6) is 0 Å². The highest BCUT2D eigenvalue weighted by Gasteiger charge is 2.57. The van der Waals surface area contributed by atoms with Gasteiger partial charge >= 0.3 is 27.3 Å². The molecular weight excluding hydrogens is 522 g/mol. The van der Waals surface area contributed by atoms with Gasteiger partial charge in [0.2, 0.25) is 0 Å². The summed E-state index contributed by atoms with van der Waals surface area (Å²) in [6, 6.07) is 9.95. The highest BCUT2D eigenvalue weighted by molar-refractivity contribution is 7.88. The van der Waals surface area contributed by atoms with Crippen molar-refractivity contribution in [2.45, 2.75) is 60.1 Å². The van der Waals surface area contributed by atoms with E-state index in [1.165, 1.54) is 12.1 Å². The van der Waals surface area contributed by atoms with Crippen LogP contribution in [0.3, 0.4) is 0 Å². The molecule has 1 unspecified atom stereocenters. The standard InChI is InChI=1S/C26H34F2N2O7S/c1-23(2,3)18-25(7,24(4,5)6)21(31)35-15-16-36-22(32)26(27,28)38(33,34)37-30-20(17-29)14-13-19-11-9-8-10-12-19/h8-14H,15-16,18H2,1-7H3. The number of benzene rings is 1. The minimum Gasteiger partial charge on any atom is -0.462 e. The van der Waals surface area contributed by atoms with E-state index < -0.39 is 57.1 Å². The number of hydrogen-bond donors (Lipinski definition) is 0. The summed E-state index contributed by atoms with van der Waals surface area (Å²) in [5.41, 5.74) is -1.71. The van der Waals surface area contributed by atoms with Crippen LogP contribution in [0.15, 0.2) is 41.6 Å². The third-order valence-electron chi connectivity index (χ3n) is 5.67. The predicted octanol–water partition coefficient (Wildman–Crippen LogP) is 5.09. The number of rotatable bonds is 11. The topological polar surface area (TPSA) is 132 Å². The van der Waals surface area contributed by atoms with Gasteiger partial charge in [-0.25, -0.2) is 4.79 Å². The maximum absolute atomic E-state index is 14.3. The molecule has 1 rings (SSSR count). The van der Waals surface area contributed by atoms with E-state index in [0.29, 0.717) is 12.0 Å². The van der Waals surface area contributed by atoms with E-state index in [9.17, 15) is 26.8 Å². The zero-order chi connectivity index (χ0) is 29.4. The Hall–Kier alpha value is -3.33. The summed E-state index contributed by atoms with van der Waals surface area (Å²) in [5.74, 6) is -3.06. The summed E-state index contributed by atoms with van der Waals surface area (Å²) in [7, 11) is -5.95. The summed E-state index contributed by atoms with van der Waals surface area (Å²) in [6.45, 7) is 11.8. The molecule has 0 aliphatic carbocycles. The van der Waals surface area contributed by atoms with Gasteiger partial charge in [0.05, 0.1) is 5.41 Å². The van der Waals surface area contributed by atoms with Crippen molar-refractivity contribution in [2.24, 2.45) is 21.4 Å². The van der Waals surface area contributed by atoms with Gasteiger partial charge in [-0.2, -0.15) is 22.5 Å². The molecule has 0 amide bonds. The van der Waals surface area contributed by atoms with Crippen LogP contribution in [-0.2, 0) is 33.5 Å². The fraction of sp³-hybridized carbons (Fsp3) is 0.538. The molecule has 9 nitrogen and oxygen atoms in total. The van der Waals surface area contributed by atoms with E-state index in [0.717, 1.165) is 6.08 Å².